The Morgan fingerprint density at radius 1 is 1.59 bits per heavy atom. The number of benzene rings is 1. The summed E-state index contributed by atoms with van der Waals surface area (Å²) in [6.45, 7) is 3.28. The summed E-state index contributed by atoms with van der Waals surface area (Å²) in [5.74, 6) is 1.63. The van der Waals surface area contributed by atoms with Crippen LogP contribution in [-0.2, 0) is 0 Å². The Kier molecular flexibility index (Phi) is 4.05. The van der Waals surface area contributed by atoms with Crippen LogP contribution in [0.15, 0.2) is 22.7 Å². The normalized spacial score (nSPS) is 16.6. The molecule has 1 unspecified atom stereocenters. The van der Waals surface area contributed by atoms with Crippen LogP contribution in [-0.4, -0.2) is 11.5 Å². The Hall–Kier alpha value is -0.610. The second-order valence-corrected chi connectivity index (χ2v) is 6.11. The Morgan fingerprint density at radius 3 is 2.88 bits per heavy atom. The summed E-state index contributed by atoms with van der Waals surface area (Å²) >= 11 is 8.50. The first-order chi connectivity index (χ1) is 8.08. The van der Waals surface area contributed by atoms with E-state index >= 15 is 0 Å². The quantitative estimate of drug-likeness (QED) is 0.817. The topological polar surface area (TPSA) is 38.0 Å². The van der Waals surface area contributed by atoms with Gasteiger partial charge in [-0.15, -0.1) is 0 Å². The van der Waals surface area contributed by atoms with Crippen molar-refractivity contribution in [3.63, 3.8) is 0 Å². The number of halogens is 1. The van der Waals surface area contributed by atoms with Gasteiger partial charge in [-0.05, 0) is 42.9 Å². The van der Waals surface area contributed by atoms with Gasteiger partial charge in [0.15, 0.2) is 0 Å². The van der Waals surface area contributed by atoms with Crippen LogP contribution in [0.5, 0.6) is 0 Å². The standard InChI is InChI=1S/C13H17BrN2S/c1-8(9-2-3-9)7-16-12-5-4-10(14)6-11(12)13(15)17/h4-6,8-9,16H,2-3,7H2,1H3,(H2,15,17). The van der Waals surface area contributed by atoms with Crippen LogP contribution >= 0.6 is 28.1 Å². The summed E-state index contributed by atoms with van der Waals surface area (Å²) in [6, 6.07) is 6.00. The van der Waals surface area contributed by atoms with Crippen molar-refractivity contribution in [3.05, 3.63) is 28.2 Å². The van der Waals surface area contributed by atoms with Crippen molar-refractivity contribution in [2.24, 2.45) is 17.6 Å². The molecule has 2 nitrogen and oxygen atoms in total. The van der Waals surface area contributed by atoms with Gasteiger partial charge < -0.3 is 11.1 Å². The van der Waals surface area contributed by atoms with E-state index in [0.717, 1.165) is 34.1 Å². The highest BCUT2D eigenvalue weighted by atomic mass is 79.9. The highest BCUT2D eigenvalue weighted by Crippen LogP contribution is 2.36. The molecule has 17 heavy (non-hydrogen) atoms. The first kappa shape index (κ1) is 12.8. The summed E-state index contributed by atoms with van der Waals surface area (Å²) in [7, 11) is 0. The van der Waals surface area contributed by atoms with E-state index in [1.54, 1.807) is 0 Å². The molecule has 0 saturated heterocycles. The van der Waals surface area contributed by atoms with Crippen LogP contribution in [0.1, 0.15) is 25.3 Å². The van der Waals surface area contributed by atoms with E-state index in [0.29, 0.717) is 4.99 Å². The highest BCUT2D eigenvalue weighted by Gasteiger charge is 2.27. The van der Waals surface area contributed by atoms with E-state index in [4.69, 9.17) is 18.0 Å². The Labute approximate surface area is 116 Å². The monoisotopic (exact) mass is 312 g/mol. The molecule has 1 aliphatic rings. The van der Waals surface area contributed by atoms with E-state index in [-0.39, 0.29) is 0 Å². The molecular weight excluding hydrogens is 296 g/mol. The number of nitrogens with two attached hydrogens (primary N) is 1. The Morgan fingerprint density at radius 2 is 2.29 bits per heavy atom. The van der Waals surface area contributed by atoms with Crippen LogP contribution in [0.4, 0.5) is 5.69 Å². The van der Waals surface area contributed by atoms with Crippen molar-refractivity contribution in [2.75, 3.05) is 11.9 Å². The predicted molar refractivity (Wildman–Crippen MR) is 80.4 cm³/mol. The van der Waals surface area contributed by atoms with Crippen molar-refractivity contribution in [3.8, 4) is 0 Å². The highest BCUT2D eigenvalue weighted by molar-refractivity contribution is 9.10. The fourth-order valence-corrected chi connectivity index (χ4v) is 2.51. The van der Waals surface area contributed by atoms with E-state index in [9.17, 15) is 0 Å². The third kappa shape index (κ3) is 3.42. The Bertz CT molecular complexity index is 429. The van der Waals surface area contributed by atoms with E-state index < -0.39 is 0 Å². The van der Waals surface area contributed by atoms with Crippen molar-refractivity contribution >= 4 is 38.8 Å². The molecule has 1 aromatic rings. The smallest absolute Gasteiger partial charge is 0.106 e. The van der Waals surface area contributed by atoms with Crippen LogP contribution in [0, 0.1) is 11.8 Å². The average Bonchev–Trinajstić information content (AvgIpc) is 3.10. The molecular formula is C13H17BrN2S. The fraction of sp³-hybridized carbons (Fsp3) is 0.462. The lowest BCUT2D eigenvalue weighted by molar-refractivity contribution is 0.536. The molecule has 4 heteroatoms. The molecule has 0 bridgehead atoms. The number of thiocarbonyl (C=S) groups is 1. The number of rotatable bonds is 5. The maximum atomic E-state index is 5.73. The molecule has 0 aromatic heterocycles. The minimum Gasteiger partial charge on any atom is -0.389 e. The van der Waals surface area contributed by atoms with Gasteiger partial charge in [0, 0.05) is 22.3 Å². The van der Waals surface area contributed by atoms with Gasteiger partial charge in [0.2, 0.25) is 0 Å². The van der Waals surface area contributed by atoms with Gasteiger partial charge >= 0.3 is 0 Å². The number of nitrogens with one attached hydrogen (secondary N) is 1. The zero-order valence-corrected chi connectivity index (χ0v) is 12.3. The Balaban J connectivity index is 2.06. The lowest BCUT2D eigenvalue weighted by Gasteiger charge is -2.15. The minimum atomic E-state index is 0.438. The molecule has 1 aliphatic carbocycles. The largest absolute Gasteiger partial charge is 0.389 e. The number of hydrogen-bond donors (Lipinski definition) is 2. The van der Waals surface area contributed by atoms with E-state index in [2.05, 4.69) is 28.2 Å². The molecule has 0 amide bonds. The minimum absolute atomic E-state index is 0.438. The van der Waals surface area contributed by atoms with Crippen molar-refractivity contribution in [1.82, 2.24) is 0 Å². The molecule has 1 saturated carbocycles. The van der Waals surface area contributed by atoms with Crippen LogP contribution in [0.2, 0.25) is 0 Å². The summed E-state index contributed by atoms with van der Waals surface area (Å²) < 4.78 is 1.00. The van der Waals surface area contributed by atoms with Gasteiger partial charge in [0.1, 0.15) is 4.99 Å². The third-order valence-electron chi connectivity index (χ3n) is 3.29. The van der Waals surface area contributed by atoms with Gasteiger partial charge in [-0.25, -0.2) is 0 Å². The summed E-state index contributed by atoms with van der Waals surface area (Å²) in [5.41, 5.74) is 7.68. The number of hydrogen-bond acceptors (Lipinski definition) is 2. The van der Waals surface area contributed by atoms with Crippen LogP contribution in [0.25, 0.3) is 0 Å². The molecule has 1 fully saturated rings. The van der Waals surface area contributed by atoms with Crippen molar-refractivity contribution in [2.45, 2.75) is 19.8 Å². The summed E-state index contributed by atoms with van der Waals surface area (Å²) in [6.07, 6.45) is 2.76. The second kappa shape index (κ2) is 5.36. The molecule has 3 N–H and O–H groups in total. The van der Waals surface area contributed by atoms with Gasteiger partial charge in [-0.2, -0.15) is 0 Å². The first-order valence-corrected chi connectivity index (χ1v) is 7.11. The SMILES string of the molecule is CC(CNc1ccc(Br)cc1C(N)=S)C1CC1. The summed E-state index contributed by atoms with van der Waals surface area (Å²) in [5, 5.41) is 3.45. The molecule has 92 valence electrons. The van der Waals surface area contributed by atoms with Gasteiger partial charge in [0.05, 0.1) is 0 Å². The first-order valence-electron chi connectivity index (χ1n) is 5.91. The zero-order valence-electron chi connectivity index (χ0n) is 9.87. The van der Waals surface area contributed by atoms with Gasteiger partial charge in [0.25, 0.3) is 0 Å². The van der Waals surface area contributed by atoms with Gasteiger partial charge in [-0.1, -0.05) is 35.1 Å². The van der Waals surface area contributed by atoms with Crippen LogP contribution in [0.3, 0.4) is 0 Å². The lowest BCUT2D eigenvalue weighted by Crippen LogP contribution is -2.17. The average molecular weight is 313 g/mol. The lowest BCUT2D eigenvalue weighted by atomic mass is 10.1. The second-order valence-electron chi connectivity index (χ2n) is 4.75. The van der Waals surface area contributed by atoms with Crippen molar-refractivity contribution < 1.29 is 0 Å². The van der Waals surface area contributed by atoms with Crippen LogP contribution < -0.4 is 11.1 Å². The fourth-order valence-electron chi connectivity index (χ4n) is 1.98. The maximum absolute atomic E-state index is 5.73. The molecule has 0 radical (unpaired) electrons. The van der Waals surface area contributed by atoms with E-state index in [1.165, 1.54) is 12.8 Å². The molecule has 1 atom stereocenters. The maximum Gasteiger partial charge on any atom is 0.106 e. The molecule has 1 aromatic carbocycles. The molecule has 0 aliphatic heterocycles. The van der Waals surface area contributed by atoms with Gasteiger partial charge in [-0.3, -0.25) is 0 Å². The zero-order chi connectivity index (χ0) is 12.4. The molecule has 0 spiro atoms. The molecule has 0 heterocycles. The third-order valence-corrected chi connectivity index (χ3v) is 4.00. The van der Waals surface area contributed by atoms with E-state index in [1.807, 2.05) is 18.2 Å². The molecule has 2 rings (SSSR count). The summed E-state index contributed by atoms with van der Waals surface area (Å²) in [4.78, 5) is 0.438. The predicted octanol–water partition coefficient (Wildman–Crippen LogP) is 3.54. The number of anilines is 1. The van der Waals surface area contributed by atoms with Crippen molar-refractivity contribution in [1.29, 1.82) is 0 Å².